The lowest BCUT2D eigenvalue weighted by molar-refractivity contribution is 1.01. The average molecular weight is 834 g/mol. The van der Waals surface area contributed by atoms with E-state index in [1.807, 2.05) is 0 Å². The number of benzene rings is 9. The van der Waals surface area contributed by atoms with Gasteiger partial charge in [-0.15, -0.1) is 0 Å². The maximum atomic E-state index is 5.90. The van der Waals surface area contributed by atoms with Crippen LogP contribution >= 0.6 is 0 Å². The second-order valence-electron chi connectivity index (χ2n) is 16.5. The monoisotopic (exact) mass is 833 g/mol. The fourth-order valence-corrected chi connectivity index (χ4v) is 14.9. The molecule has 300 valence electrons. The summed E-state index contributed by atoms with van der Waals surface area (Å²) in [5.41, 5.74) is 8.69. The van der Waals surface area contributed by atoms with Crippen molar-refractivity contribution in [1.82, 2.24) is 23.7 Å². The van der Waals surface area contributed by atoms with Crippen LogP contribution in [0, 0.1) is 0 Å². The molecule has 0 N–H and O–H groups in total. The average Bonchev–Trinajstić information content (AvgIpc) is 4.01. The minimum absolute atomic E-state index is 0.811. The van der Waals surface area contributed by atoms with Gasteiger partial charge in [0.25, 0.3) is 0 Å². The van der Waals surface area contributed by atoms with Crippen LogP contribution in [0.25, 0.3) is 82.7 Å². The van der Waals surface area contributed by atoms with Crippen molar-refractivity contribution in [2.24, 2.45) is 0 Å². The van der Waals surface area contributed by atoms with Crippen molar-refractivity contribution in [3.63, 3.8) is 0 Å². The van der Waals surface area contributed by atoms with Gasteiger partial charge in [0, 0.05) is 44.1 Å². The highest BCUT2D eigenvalue weighted by Crippen LogP contribution is 2.35. The molecule has 64 heavy (non-hydrogen) atoms. The zero-order valence-corrected chi connectivity index (χ0v) is 35.8. The molecule has 0 radical (unpaired) electrons. The van der Waals surface area contributed by atoms with E-state index in [4.69, 9.17) is 9.97 Å². The Labute approximate surface area is 370 Å². The predicted octanol–water partition coefficient (Wildman–Crippen LogP) is 11.1. The first-order valence-electron chi connectivity index (χ1n) is 21.8. The van der Waals surface area contributed by atoms with Gasteiger partial charge in [-0.3, -0.25) is 9.13 Å². The molecule has 6 heteroatoms. The van der Waals surface area contributed by atoms with Crippen LogP contribution in [0.2, 0.25) is 0 Å². The summed E-state index contributed by atoms with van der Waals surface area (Å²) in [5, 5.41) is 10.8. The van der Waals surface area contributed by atoms with Crippen LogP contribution in [0.5, 0.6) is 0 Å². The van der Waals surface area contributed by atoms with Gasteiger partial charge < -0.3 is 4.57 Å². The minimum Gasteiger partial charge on any atom is -0.309 e. The molecule has 13 rings (SSSR count). The second-order valence-corrected chi connectivity index (χ2v) is 20.2. The van der Waals surface area contributed by atoms with Gasteiger partial charge >= 0.3 is 0 Å². The normalized spacial score (nSPS) is 12.1. The number of nitrogens with zero attached hydrogens (tertiary/aromatic N) is 5. The molecular weight excluding hydrogens is 795 g/mol. The third kappa shape index (κ3) is 5.30. The first kappa shape index (κ1) is 36.3. The topological polar surface area (TPSA) is 40.6 Å². The molecular formula is C58H39N5Si. The Morgan fingerprint density at radius 2 is 0.547 bits per heavy atom. The van der Waals surface area contributed by atoms with Crippen LogP contribution in [0.4, 0.5) is 0 Å². The highest BCUT2D eigenvalue weighted by molar-refractivity contribution is 7.19. The van der Waals surface area contributed by atoms with Crippen molar-refractivity contribution in [2.45, 2.75) is 0 Å². The fourth-order valence-electron chi connectivity index (χ4n) is 10.5. The highest BCUT2D eigenvalue weighted by atomic mass is 28.3. The van der Waals surface area contributed by atoms with E-state index in [1.54, 1.807) is 0 Å². The van der Waals surface area contributed by atoms with Crippen molar-refractivity contribution in [1.29, 1.82) is 0 Å². The van der Waals surface area contributed by atoms with Crippen molar-refractivity contribution < 1.29 is 0 Å². The molecule has 0 saturated heterocycles. The SMILES string of the molecule is c1ccc([Si](c2ccccc2)(c2ccc(-n3c4ccccc4c4ccccc43)cc2)c2nc(-n3c4ccccc4c4ccccc43)cc(-n3c4ccccc4c4ccccc43)n2)cc1. The second kappa shape index (κ2) is 14.4. The van der Waals surface area contributed by atoms with Gasteiger partial charge in [-0.2, -0.15) is 0 Å². The quantitative estimate of drug-likeness (QED) is 0.119. The fraction of sp³-hybridized carbons (Fsp3) is 0. The van der Waals surface area contributed by atoms with Crippen molar-refractivity contribution in [3.8, 4) is 17.3 Å². The Morgan fingerprint density at radius 1 is 0.266 bits per heavy atom. The van der Waals surface area contributed by atoms with Crippen LogP contribution in [0.1, 0.15) is 0 Å². The molecule has 13 aromatic rings. The molecule has 0 fully saturated rings. The molecule has 5 nitrogen and oxygen atoms in total. The summed E-state index contributed by atoms with van der Waals surface area (Å²) in [5.74, 6) is 1.65. The van der Waals surface area contributed by atoms with E-state index in [1.165, 1.54) is 58.9 Å². The van der Waals surface area contributed by atoms with E-state index in [0.717, 1.165) is 44.8 Å². The molecule has 4 heterocycles. The maximum Gasteiger partial charge on any atom is 0.226 e. The number of hydrogen-bond acceptors (Lipinski definition) is 2. The van der Waals surface area contributed by atoms with E-state index in [0.29, 0.717) is 0 Å². The van der Waals surface area contributed by atoms with Gasteiger partial charge in [0.15, 0.2) is 0 Å². The first-order valence-corrected chi connectivity index (χ1v) is 23.8. The first-order chi connectivity index (χ1) is 31.8. The zero-order valence-electron chi connectivity index (χ0n) is 34.8. The molecule has 0 spiro atoms. The summed E-state index contributed by atoms with van der Waals surface area (Å²) >= 11 is 0. The Balaban J connectivity index is 1.16. The molecule has 0 aliphatic rings. The lowest BCUT2D eigenvalue weighted by Crippen LogP contribution is -2.76. The minimum atomic E-state index is -3.33. The van der Waals surface area contributed by atoms with Gasteiger partial charge in [0.05, 0.1) is 33.1 Å². The van der Waals surface area contributed by atoms with Crippen LogP contribution in [0.15, 0.2) is 237 Å². The van der Waals surface area contributed by atoms with Gasteiger partial charge in [0.1, 0.15) is 17.1 Å². The lowest BCUT2D eigenvalue weighted by atomic mass is 10.2. The molecule has 0 saturated carbocycles. The van der Waals surface area contributed by atoms with Crippen molar-refractivity contribution in [2.75, 3.05) is 0 Å². The maximum absolute atomic E-state index is 5.90. The smallest absolute Gasteiger partial charge is 0.226 e. The highest BCUT2D eigenvalue weighted by Gasteiger charge is 2.45. The number of fused-ring (bicyclic) bond motifs is 9. The number of para-hydroxylation sites is 6. The number of aromatic nitrogens is 5. The summed E-state index contributed by atoms with van der Waals surface area (Å²) in [6.07, 6.45) is 0. The van der Waals surface area contributed by atoms with E-state index in [2.05, 4.69) is 250 Å². The summed E-state index contributed by atoms with van der Waals surface area (Å²) in [6.45, 7) is 0. The van der Waals surface area contributed by atoms with E-state index >= 15 is 0 Å². The third-order valence-corrected chi connectivity index (χ3v) is 17.7. The van der Waals surface area contributed by atoms with Gasteiger partial charge in [0.2, 0.25) is 8.07 Å². The molecule has 0 unspecified atom stereocenters. The third-order valence-electron chi connectivity index (χ3n) is 13.2. The lowest BCUT2D eigenvalue weighted by Gasteiger charge is -2.33. The van der Waals surface area contributed by atoms with Gasteiger partial charge in [-0.05, 0) is 64.1 Å². The molecule has 0 aliphatic heterocycles. The van der Waals surface area contributed by atoms with Gasteiger partial charge in [-0.1, -0.05) is 182 Å². The van der Waals surface area contributed by atoms with Crippen molar-refractivity contribution >= 4 is 94.5 Å². The van der Waals surface area contributed by atoms with E-state index < -0.39 is 8.07 Å². The summed E-state index contributed by atoms with van der Waals surface area (Å²) in [6, 6.07) is 85.6. The Kier molecular flexibility index (Phi) is 8.16. The van der Waals surface area contributed by atoms with Gasteiger partial charge in [-0.25, -0.2) is 9.97 Å². The molecule has 0 aliphatic carbocycles. The zero-order chi connectivity index (χ0) is 42.2. The van der Waals surface area contributed by atoms with E-state index in [9.17, 15) is 0 Å². The Bertz CT molecular complexity index is 3570. The molecule has 0 amide bonds. The van der Waals surface area contributed by atoms with Crippen LogP contribution < -0.4 is 21.0 Å². The Hall–Kier alpha value is -8.32. The number of hydrogen-bond donors (Lipinski definition) is 0. The van der Waals surface area contributed by atoms with Crippen molar-refractivity contribution in [3.05, 3.63) is 237 Å². The molecule has 9 aromatic carbocycles. The van der Waals surface area contributed by atoms with Crippen LogP contribution in [0.3, 0.4) is 0 Å². The molecule has 4 aromatic heterocycles. The van der Waals surface area contributed by atoms with Crippen LogP contribution in [-0.4, -0.2) is 31.7 Å². The predicted molar refractivity (Wildman–Crippen MR) is 269 cm³/mol. The standard InChI is InChI=1S/C58H39N5Si/c1-3-19-41(20-4-1)64(42-21-5-2-6-22-42,43-37-35-40(36-38-43)61-50-29-13-7-23-44(50)45-24-8-14-30-51(45)61)58-59-56(62-52-31-15-9-25-46(52)47-26-10-16-32-53(47)62)39-57(60-58)63-54-33-17-11-27-48(54)49-28-12-18-34-55(49)63/h1-39H. The molecule has 0 bridgehead atoms. The summed E-state index contributed by atoms with van der Waals surface area (Å²) < 4.78 is 7.07. The largest absolute Gasteiger partial charge is 0.309 e. The molecule has 0 atom stereocenters. The number of rotatable bonds is 7. The summed E-state index contributed by atoms with van der Waals surface area (Å²) in [7, 11) is -3.33. The van der Waals surface area contributed by atoms with Crippen LogP contribution in [-0.2, 0) is 0 Å². The van der Waals surface area contributed by atoms with E-state index in [-0.39, 0.29) is 0 Å². The Morgan fingerprint density at radius 3 is 0.891 bits per heavy atom. The summed E-state index contributed by atoms with van der Waals surface area (Å²) in [4.78, 5) is 11.8.